The summed E-state index contributed by atoms with van der Waals surface area (Å²) < 4.78 is 1.57. The number of piperidine rings is 1. The number of H-pyrrole nitrogens is 1. The molecule has 2 fully saturated rings. The third-order valence-electron chi connectivity index (χ3n) is 7.74. The summed E-state index contributed by atoms with van der Waals surface area (Å²) in [5.74, 6) is 0.405. The number of fused-ring (bicyclic) bond motifs is 3. The van der Waals surface area contributed by atoms with Crippen LogP contribution in [0, 0.1) is 0 Å². The first kappa shape index (κ1) is 22.5. The van der Waals surface area contributed by atoms with Crippen molar-refractivity contribution in [3.63, 3.8) is 0 Å². The Morgan fingerprint density at radius 3 is 2.50 bits per heavy atom. The van der Waals surface area contributed by atoms with Gasteiger partial charge in [0.1, 0.15) is 17.7 Å². The number of aromatic amines is 1. The van der Waals surface area contributed by atoms with Gasteiger partial charge in [-0.05, 0) is 18.9 Å². The molecule has 0 saturated carbocycles. The van der Waals surface area contributed by atoms with Crippen molar-refractivity contribution in [3.8, 4) is 22.4 Å². The molecule has 11 nitrogen and oxygen atoms in total. The molecule has 190 valence electrons. The van der Waals surface area contributed by atoms with E-state index < -0.39 is 5.60 Å². The average Bonchev–Trinajstić information content (AvgIpc) is 3.68. The third-order valence-corrected chi connectivity index (χ3v) is 7.74. The van der Waals surface area contributed by atoms with Crippen molar-refractivity contribution >= 4 is 17.4 Å². The zero-order chi connectivity index (χ0) is 25.9. The van der Waals surface area contributed by atoms with E-state index in [1.165, 1.54) is 6.33 Å². The zero-order valence-corrected chi connectivity index (χ0v) is 20.4. The summed E-state index contributed by atoms with van der Waals surface area (Å²) >= 11 is 0. The van der Waals surface area contributed by atoms with Crippen LogP contribution in [0.1, 0.15) is 42.0 Å². The highest BCUT2D eigenvalue weighted by Gasteiger charge is 2.51. The molecule has 0 spiro atoms. The zero-order valence-electron chi connectivity index (χ0n) is 20.4. The van der Waals surface area contributed by atoms with Crippen molar-refractivity contribution in [1.29, 1.82) is 0 Å². The number of hydrogen-bond acceptors (Lipinski definition) is 8. The van der Waals surface area contributed by atoms with Gasteiger partial charge in [-0.1, -0.05) is 36.4 Å². The van der Waals surface area contributed by atoms with Gasteiger partial charge in [-0.15, -0.1) is 0 Å². The first-order valence-corrected chi connectivity index (χ1v) is 12.6. The standard InChI is InChI=1S/C27H25N9O2/c28-23-10-22(27(38)11-18-7-8-19(12-27)35(18)26(37)24-30-15-31-34-24)33-25-20(14-32-36(23)25)17-6-9-21(29-13-17)16-4-2-1-3-5-16/h1-6,9-10,13-15,18-19,38H,7-8,11-12,28H2,(H,30,31,34). The molecule has 38 heavy (non-hydrogen) atoms. The van der Waals surface area contributed by atoms with Gasteiger partial charge in [0.2, 0.25) is 5.82 Å². The molecule has 6 heterocycles. The molecule has 2 aliphatic heterocycles. The maximum absolute atomic E-state index is 13.0. The van der Waals surface area contributed by atoms with Crippen LogP contribution in [0.15, 0.2) is 67.3 Å². The summed E-state index contributed by atoms with van der Waals surface area (Å²) in [5.41, 5.74) is 9.73. The summed E-state index contributed by atoms with van der Waals surface area (Å²) in [6.07, 6.45) is 7.18. The van der Waals surface area contributed by atoms with Crippen LogP contribution >= 0.6 is 0 Å². The number of pyridine rings is 1. The minimum atomic E-state index is -1.23. The number of benzene rings is 1. The van der Waals surface area contributed by atoms with Gasteiger partial charge < -0.3 is 15.7 Å². The number of rotatable bonds is 4. The lowest BCUT2D eigenvalue weighted by molar-refractivity contribution is -0.0509. The fourth-order valence-electron chi connectivity index (χ4n) is 5.96. The number of nitrogens with two attached hydrogens (primary N) is 1. The monoisotopic (exact) mass is 507 g/mol. The maximum atomic E-state index is 13.0. The number of aliphatic hydroxyl groups is 1. The van der Waals surface area contributed by atoms with Gasteiger partial charge in [-0.2, -0.15) is 14.7 Å². The van der Waals surface area contributed by atoms with Crippen molar-refractivity contribution in [2.75, 3.05) is 5.73 Å². The molecule has 1 amide bonds. The molecule has 2 unspecified atom stereocenters. The van der Waals surface area contributed by atoms with E-state index in [-0.39, 0.29) is 23.8 Å². The first-order chi connectivity index (χ1) is 18.5. The Hall–Kier alpha value is -4.64. The lowest BCUT2D eigenvalue weighted by atomic mass is 9.83. The minimum absolute atomic E-state index is 0.130. The van der Waals surface area contributed by atoms with Crippen LogP contribution in [0.2, 0.25) is 0 Å². The number of nitrogens with zero attached hydrogens (tertiary/aromatic N) is 7. The van der Waals surface area contributed by atoms with Crippen LogP contribution in [0.25, 0.3) is 28.0 Å². The number of nitrogens with one attached hydrogen (secondary N) is 1. The van der Waals surface area contributed by atoms with Crippen molar-refractivity contribution in [2.24, 2.45) is 0 Å². The number of hydrogen-bond donors (Lipinski definition) is 3. The number of carbonyl (C=O) groups excluding carboxylic acids is 1. The Labute approximate surface area is 217 Å². The summed E-state index contributed by atoms with van der Waals surface area (Å²) in [7, 11) is 0. The van der Waals surface area contributed by atoms with Gasteiger partial charge in [0.25, 0.3) is 5.91 Å². The fraction of sp³-hybridized carbons (Fsp3) is 0.259. The first-order valence-electron chi connectivity index (χ1n) is 12.6. The summed E-state index contributed by atoms with van der Waals surface area (Å²) in [6.45, 7) is 0. The van der Waals surface area contributed by atoms with Gasteiger partial charge in [-0.3, -0.25) is 14.9 Å². The Kier molecular flexibility index (Phi) is 5.02. The third kappa shape index (κ3) is 3.54. The molecule has 2 saturated heterocycles. The molecule has 7 rings (SSSR count). The molecule has 5 aromatic rings. The number of anilines is 1. The van der Waals surface area contributed by atoms with Crippen molar-refractivity contribution in [2.45, 2.75) is 43.4 Å². The van der Waals surface area contributed by atoms with E-state index in [9.17, 15) is 9.90 Å². The van der Waals surface area contributed by atoms with E-state index >= 15 is 0 Å². The topological polar surface area (TPSA) is 151 Å². The second-order valence-electron chi connectivity index (χ2n) is 10.0. The fourth-order valence-corrected chi connectivity index (χ4v) is 5.96. The predicted molar refractivity (Wildman–Crippen MR) is 139 cm³/mol. The molecule has 1 aromatic carbocycles. The average molecular weight is 508 g/mol. The second-order valence-corrected chi connectivity index (χ2v) is 10.0. The molecule has 2 aliphatic rings. The van der Waals surface area contributed by atoms with Crippen LogP contribution in [-0.2, 0) is 5.60 Å². The van der Waals surface area contributed by atoms with E-state index in [0.29, 0.717) is 30.0 Å². The molecular weight excluding hydrogens is 482 g/mol. The Balaban J connectivity index is 1.22. The largest absolute Gasteiger partial charge is 0.384 e. The molecule has 4 N–H and O–H groups in total. The molecule has 0 radical (unpaired) electrons. The smallest absolute Gasteiger partial charge is 0.291 e. The van der Waals surface area contributed by atoms with Gasteiger partial charge in [0, 0.05) is 53.9 Å². The highest BCUT2D eigenvalue weighted by molar-refractivity contribution is 5.91. The lowest BCUT2D eigenvalue weighted by Crippen LogP contribution is -2.52. The Morgan fingerprint density at radius 1 is 1.03 bits per heavy atom. The lowest BCUT2D eigenvalue weighted by Gasteiger charge is -2.43. The molecule has 2 atom stereocenters. The molecule has 11 heteroatoms. The highest BCUT2D eigenvalue weighted by Crippen LogP contribution is 2.46. The van der Waals surface area contributed by atoms with Gasteiger partial charge >= 0.3 is 0 Å². The maximum Gasteiger partial charge on any atom is 0.291 e. The van der Waals surface area contributed by atoms with E-state index in [2.05, 4.69) is 25.3 Å². The molecule has 2 bridgehead atoms. The summed E-state index contributed by atoms with van der Waals surface area (Å²) in [6, 6.07) is 15.4. The quantitative estimate of drug-likeness (QED) is 0.336. The van der Waals surface area contributed by atoms with E-state index in [1.54, 1.807) is 23.0 Å². The number of carbonyl (C=O) groups is 1. The Bertz CT molecular complexity index is 1620. The van der Waals surface area contributed by atoms with E-state index in [1.807, 2.05) is 47.4 Å². The number of aromatic nitrogens is 7. The summed E-state index contributed by atoms with van der Waals surface area (Å²) in [4.78, 5) is 28.4. The highest BCUT2D eigenvalue weighted by atomic mass is 16.3. The Morgan fingerprint density at radius 2 is 1.82 bits per heavy atom. The van der Waals surface area contributed by atoms with Crippen LogP contribution in [-0.4, -0.2) is 62.8 Å². The van der Waals surface area contributed by atoms with Crippen molar-refractivity contribution in [3.05, 3.63) is 78.8 Å². The minimum Gasteiger partial charge on any atom is -0.384 e. The van der Waals surface area contributed by atoms with Crippen LogP contribution in [0.4, 0.5) is 5.82 Å². The molecular formula is C27H25N9O2. The van der Waals surface area contributed by atoms with Crippen LogP contribution in [0.3, 0.4) is 0 Å². The van der Waals surface area contributed by atoms with Crippen LogP contribution < -0.4 is 5.73 Å². The van der Waals surface area contributed by atoms with Crippen LogP contribution in [0.5, 0.6) is 0 Å². The summed E-state index contributed by atoms with van der Waals surface area (Å²) in [5, 5.41) is 22.8. The predicted octanol–water partition coefficient (Wildman–Crippen LogP) is 2.81. The van der Waals surface area contributed by atoms with E-state index in [0.717, 1.165) is 35.2 Å². The van der Waals surface area contributed by atoms with E-state index in [4.69, 9.17) is 10.7 Å². The molecule has 4 aromatic heterocycles. The van der Waals surface area contributed by atoms with Gasteiger partial charge in [-0.25, -0.2) is 9.97 Å². The van der Waals surface area contributed by atoms with Crippen molar-refractivity contribution < 1.29 is 9.90 Å². The van der Waals surface area contributed by atoms with Gasteiger partial charge in [0.05, 0.1) is 17.6 Å². The van der Waals surface area contributed by atoms with Gasteiger partial charge in [0.15, 0.2) is 5.65 Å². The van der Waals surface area contributed by atoms with Crippen molar-refractivity contribution in [1.82, 2.24) is 39.7 Å². The SMILES string of the molecule is Nc1cc(C2(O)CC3CCC(C2)N3C(=O)c2ncn[nH]2)nc2c(-c3ccc(-c4ccccc4)nc3)cnn12. The normalized spacial score (nSPS) is 22.7. The number of amides is 1. The molecule has 0 aliphatic carbocycles. The second kappa shape index (κ2) is 8.45. The number of nitrogen functional groups attached to an aromatic ring is 1.